The molecule has 1 fully saturated rings. The Balaban J connectivity index is 1.72. The zero-order chi connectivity index (χ0) is 16.2. The first-order valence-electron chi connectivity index (χ1n) is 6.96. The van der Waals surface area contributed by atoms with Crippen molar-refractivity contribution >= 4 is 34.2 Å². The van der Waals surface area contributed by atoms with Gasteiger partial charge in [-0.3, -0.25) is 14.9 Å². The maximum atomic E-state index is 12.1. The maximum absolute atomic E-state index is 12.1. The number of carbonyl (C=O) groups excluding carboxylic acids is 1. The van der Waals surface area contributed by atoms with Crippen LogP contribution in [0, 0.1) is 10.1 Å². The van der Waals surface area contributed by atoms with E-state index in [1.165, 1.54) is 23.9 Å². The van der Waals surface area contributed by atoms with Crippen LogP contribution in [0.3, 0.4) is 0 Å². The topological polar surface area (TPSA) is 84.6 Å². The molecule has 1 aliphatic rings. The van der Waals surface area contributed by atoms with Gasteiger partial charge in [-0.1, -0.05) is 42.1 Å². The summed E-state index contributed by atoms with van der Waals surface area (Å²) in [6.45, 7) is 0. The molecule has 1 unspecified atom stereocenters. The van der Waals surface area contributed by atoms with E-state index in [4.69, 9.17) is 0 Å². The van der Waals surface area contributed by atoms with Crippen LogP contribution in [0.5, 0.6) is 0 Å². The average molecular weight is 327 g/mol. The van der Waals surface area contributed by atoms with E-state index in [0.717, 1.165) is 11.3 Å². The Bertz CT molecular complexity index is 777. The Kier molecular flexibility index (Phi) is 4.38. The lowest BCUT2D eigenvalue weighted by molar-refractivity contribution is -0.384. The molecule has 7 heteroatoms. The summed E-state index contributed by atoms with van der Waals surface area (Å²) in [7, 11) is 0. The van der Waals surface area contributed by atoms with Crippen LogP contribution in [-0.4, -0.2) is 21.2 Å². The molecule has 1 saturated heterocycles. The molecule has 1 aliphatic heterocycles. The van der Waals surface area contributed by atoms with E-state index in [1.807, 2.05) is 30.3 Å². The van der Waals surface area contributed by atoms with E-state index in [1.54, 1.807) is 12.1 Å². The van der Waals surface area contributed by atoms with Crippen molar-refractivity contribution in [3.63, 3.8) is 0 Å². The third kappa shape index (κ3) is 3.75. The van der Waals surface area contributed by atoms with E-state index < -0.39 is 4.92 Å². The van der Waals surface area contributed by atoms with Gasteiger partial charge < -0.3 is 5.32 Å². The number of para-hydroxylation sites is 1. The Morgan fingerprint density at radius 1 is 1.17 bits per heavy atom. The summed E-state index contributed by atoms with van der Waals surface area (Å²) in [6, 6.07) is 15.7. The highest BCUT2D eigenvalue weighted by Gasteiger charge is 2.30. The molecule has 0 spiro atoms. The largest absolute Gasteiger partial charge is 0.304 e. The van der Waals surface area contributed by atoms with Crippen molar-refractivity contribution in [1.82, 2.24) is 5.32 Å². The van der Waals surface area contributed by atoms with Crippen LogP contribution in [0.2, 0.25) is 0 Å². The van der Waals surface area contributed by atoms with Crippen LogP contribution in [0.15, 0.2) is 59.6 Å². The van der Waals surface area contributed by atoms with Gasteiger partial charge in [-0.05, 0) is 24.1 Å². The Labute approximate surface area is 136 Å². The molecular weight excluding hydrogens is 314 g/mol. The van der Waals surface area contributed by atoms with Crippen molar-refractivity contribution in [2.75, 3.05) is 0 Å². The van der Waals surface area contributed by atoms with E-state index in [0.29, 0.717) is 11.6 Å². The molecule has 0 bridgehead atoms. The van der Waals surface area contributed by atoms with Crippen molar-refractivity contribution in [3.05, 3.63) is 70.3 Å². The number of nitro groups is 1. The van der Waals surface area contributed by atoms with Gasteiger partial charge in [0.05, 0.1) is 15.9 Å². The number of aliphatic imine (C=N–C) groups is 1. The Morgan fingerprint density at radius 3 is 2.70 bits per heavy atom. The third-order valence-electron chi connectivity index (χ3n) is 3.31. The van der Waals surface area contributed by atoms with E-state index in [9.17, 15) is 14.9 Å². The number of benzene rings is 2. The fourth-order valence-corrected chi connectivity index (χ4v) is 3.25. The standard InChI is InChI=1S/C16H13N3O3S/c20-15-14(10-11-5-4-8-13(9-11)19(21)22)23-16(18-15)17-12-6-2-1-3-7-12/h1-9,14H,10H2,(H,17,18,20). The van der Waals surface area contributed by atoms with Gasteiger partial charge in [0.1, 0.15) is 0 Å². The zero-order valence-electron chi connectivity index (χ0n) is 12.0. The highest BCUT2D eigenvalue weighted by Crippen LogP contribution is 2.26. The molecule has 1 atom stereocenters. The monoisotopic (exact) mass is 327 g/mol. The minimum atomic E-state index is -0.437. The van der Waals surface area contributed by atoms with Crippen LogP contribution in [0.1, 0.15) is 5.56 Å². The van der Waals surface area contributed by atoms with Gasteiger partial charge in [0.2, 0.25) is 5.91 Å². The summed E-state index contributed by atoms with van der Waals surface area (Å²) in [5, 5.41) is 13.8. The predicted molar refractivity (Wildman–Crippen MR) is 89.9 cm³/mol. The minimum Gasteiger partial charge on any atom is -0.304 e. The number of amidine groups is 1. The number of hydrogen-bond acceptors (Lipinski definition) is 5. The number of carbonyl (C=O) groups is 1. The summed E-state index contributed by atoms with van der Waals surface area (Å²) in [5.41, 5.74) is 1.56. The van der Waals surface area contributed by atoms with Crippen LogP contribution in [0.4, 0.5) is 11.4 Å². The molecule has 6 nitrogen and oxygen atoms in total. The van der Waals surface area contributed by atoms with Crippen molar-refractivity contribution in [2.45, 2.75) is 11.7 Å². The van der Waals surface area contributed by atoms with E-state index in [-0.39, 0.29) is 16.8 Å². The molecule has 1 N–H and O–H groups in total. The van der Waals surface area contributed by atoms with Crippen LogP contribution in [-0.2, 0) is 11.2 Å². The molecule has 23 heavy (non-hydrogen) atoms. The molecule has 2 aromatic carbocycles. The van der Waals surface area contributed by atoms with Gasteiger partial charge in [0, 0.05) is 12.1 Å². The highest BCUT2D eigenvalue weighted by atomic mass is 32.2. The number of amides is 1. The number of hydrogen-bond donors (Lipinski definition) is 1. The Hall–Kier alpha value is -2.67. The number of non-ortho nitro benzene ring substituents is 1. The second-order valence-corrected chi connectivity index (χ2v) is 6.17. The van der Waals surface area contributed by atoms with Crippen LogP contribution in [0.25, 0.3) is 0 Å². The van der Waals surface area contributed by atoms with Crippen molar-refractivity contribution in [3.8, 4) is 0 Å². The number of nitrogens with zero attached hydrogens (tertiary/aromatic N) is 2. The van der Waals surface area contributed by atoms with Crippen molar-refractivity contribution < 1.29 is 9.72 Å². The van der Waals surface area contributed by atoms with Gasteiger partial charge in [0.15, 0.2) is 5.17 Å². The number of rotatable bonds is 4. The Morgan fingerprint density at radius 2 is 1.96 bits per heavy atom. The first kappa shape index (κ1) is 15.2. The number of nitrogens with one attached hydrogen (secondary N) is 1. The molecule has 0 radical (unpaired) electrons. The molecular formula is C16H13N3O3S. The zero-order valence-corrected chi connectivity index (χ0v) is 12.8. The normalized spacial score (nSPS) is 18.9. The molecule has 0 aromatic heterocycles. The number of thioether (sulfide) groups is 1. The molecule has 1 amide bonds. The van der Waals surface area contributed by atoms with Crippen LogP contribution < -0.4 is 5.32 Å². The average Bonchev–Trinajstić information content (AvgIpc) is 2.88. The smallest absolute Gasteiger partial charge is 0.269 e. The van der Waals surface area contributed by atoms with Gasteiger partial charge >= 0.3 is 0 Å². The number of nitro benzene ring substituents is 1. The summed E-state index contributed by atoms with van der Waals surface area (Å²) in [5.74, 6) is -0.129. The lowest BCUT2D eigenvalue weighted by Gasteiger charge is -2.05. The quantitative estimate of drug-likeness (QED) is 0.691. The summed E-state index contributed by atoms with van der Waals surface area (Å²) < 4.78 is 0. The van der Waals surface area contributed by atoms with Gasteiger partial charge in [-0.2, -0.15) is 0 Å². The van der Waals surface area contributed by atoms with E-state index >= 15 is 0 Å². The first-order chi connectivity index (χ1) is 11.1. The molecule has 3 rings (SSSR count). The highest BCUT2D eigenvalue weighted by molar-refractivity contribution is 8.15. The van der Waals surface area contributed by atoms with Gasteiger partial charge in [-0.15, -0.1) is 0 Å². The van der Waals surface area contributed by atoms with Gasteiger partial charge in [0.25, 0.3) is 5.69 Å². The summed E-state index contributed by atoms with van der Waals surface area (Å²) >= 11 is 1.34. The molecule has 0 aliphatic carbocycles. The fourth-order valence-electron chi connectivity index (χ4n) is 2.22. The van der Waals surface area contributed by atoms with Gasteiger partial charge in [-0.25, -0.2) is 4.99 Å². The SMILES string of the molecule is O=C1NC(=Nc2ccccc2)SC1Cc1cccc([N+](=O)[O-])c1. The first-order valence-corrected chi connectivity index (χ1v) is 7.84. The summed E-state index contributed by atoms with van der Waals surface area (Å²) in [4.78, 5) is 26.8. The van der Waals surface area contributed by atoms with Crippen molar-refractivity contribution in [2.24, 2.45) is 4.99 Å². The lowest BCUT2D eigenvalue weighted by Crippen LogP contribution is -2.25. The minimum absolute atomic E-state index is 0.0316. The fraction of sp³-hybridized carbons (Fsp3) is 0.125. The maximum Gasteiger partial charge on any atom is 0.269 e. The third-order valence-corrected chi connectivity index (χ3v) is 4.39. The second-order valence-electron chi connectivity index (χ2n) is 4.98. The summed E-state index contributed by atoms with van der Waals surface area (Å²) in [6.07, 6.45) is 0.423. The molecule has 1 heterocycles. The predicted octanol–water partition coefficient (Wildman–Crippen LogP) is 3.06. The lowest BCUT2D eigenvalue weighted by atomic mass is 10.1. The molecule has 0 saturated carbocycles. The second kappa shape index (κ2) is 6.62. The van der Waals surface area contributed by atoms with Crippen LogP contribution >= 0.6 is 11.8 Å². The molecule has 2 aromatic rings. The van der Waals surface area contributed by atoms with Crippen molar-refractivity contribution in [1.29, 1.82) is 0 Å². The molecule has 116 valence electrons. The van der Waals surface area contributed by atoms with E-state index in [2.05, 4.69) is 10.3 Å².